The summed E-state index contributed by atoms with van der Waals surface area (Å²) in [5.74, 6) is -0.934. The van der Waals surface area contributed by atoms with E-state index in [1.165, 1.54) is 17.0 Å². The molecule has 0 aliphatic heterocycles. The first-order chi connectivity index (χ1) is 9.10. The second-order valence-electron chi connectivity index (χ2n) is 4.57. The normalized spacial score (nSPS) is 12.9. The molecule has 19 heavy (non-hydrogen) atoms. The van der Waals surface area contributed by atoms with Gasteiger partial charge in [-0.1, -0.05) is 42.0 Å². The van der Waals surface area contributed by atoms with E-state index in [-0.39, 0.29) is 6.04 Å². The van der Waals surface area contributed by atoms with E-state index in [2.05, 4.69) is 42.6 Å². The second kappa shape index (κ2) is 5.67. The quantitative estimate of drug-likeness (QED) is 0.825. The van der Waals surface area contributed by atoms with Gasteiger partial charge in [-0.3, -0.25) is 0 Å². The molecule has 0 aliphatic carbocycles. The van der Waals surface area contributed by atoms with E-state index in [9.17, 15) is 4.79 Å². The van der Waals surface area contributed by atoms with Crippen molar-refractivity contribution in [3.8, 4) is 0 Å². The molecule has 1 atom stereocenters. The molecular formula is C16H17NO2. The standard InChI is InChI=1S/C16H17NO2/c1-11-3-4-13-10-14(6-5-12(13)9-11)15(17-2)7-8-16(18)19/h3-10,15,17H,1-2H3,(H,18,19)/b8-7+. The summed E-state index contributed by atoms with van der Waals surface area (Å²) in [4.78, 5) is 10.6. The van der Waals surface area contributed by atoms with E-state index in [1.807, 2.05) is 13.1 Å². The van der Waals surface area contributed by atoms with E-state index in [0.717, 1.165) is 10.9 Å². The highest BCUT2D eigenvalue weighted by Gasteiger charge is 2.06. The largest absolute Gasteiger partial charge is 0.478 e. The van der Waals surface area contributed by atoms with Crippen LogP contribution in [0.2, 0.25) is 0 Å². The van der Waals surface area contributed by atoms with Gasteiger partial charge in [0.25, 0.3) is 0 Å². The molecule has 0 bridgehead atoms. The molecule has 0 fully saturated rings. The van der Waals surface area contributed by atoms with Gasteiger partial charge >= 0.3 is 5.97 Å². The Balaban J connectivity index is 2.38. The molecule has 0 saturated carbocycles. The Bertz CT molecular complexity index is 632. The van der Waals surface area contributed by atoms with Gasteiger partial charge in [-0.2, -0.15) is 0 Å². The first-order valence-electron chi connectivity index (χ1n) is 6.19. The minimum atomic E-state index is -0.934. The maximum absolute atomic E-state index is 10.6. The van der Waals surface area contributed by atoms with Crippen LogP contribution in [0.5, 0.6) is 0 Å². The number of carbonyl (C=O) groups is 1. The number of benzene rings is 2. The molecule has 3 heteroatoms. The summed E-state index contributed by atoms with van der Waals surface area (Å²) in [5.41, 5.74) is 2.28. The molecule has 98 valence electrons. The van der Waals surface area contributed by atoms with Crippen molar-refractivity contribution < 1.29 is 9.90 Å². The van der Waals surface area contributed by atoms with Crippen molar-refractivity contribution in [2.75, 3.05) is 7.05 Å². The van der Waals surface area contributed by atoms with Gasteiger partial charge in [0, 0.05) is 6.08 Å². The molecule has 2 aromatic rings. The number of carboxylic acid groups (broad SMARTS) is 1. The average Bonchev–Trinajstić information content (AvgIpc) is 2.39. The van der Waals surface area contributed by atoms with Crippen molar-refractivity contribution in [3.63, 3.8) is 0 Å². The van der Waals surface area contributed by atoms with Gasteiger partial charge in [0.15, 0.2) is 0 Å². The van der Waals surface area contributed by atoms with Crippen molar-refractivity contribution in [1.82, 2.24) is 5.32 Å². The average molecular weight is 255 g/mol. The maximum atomic E-state index is 10.6. The molecule has 0 heterocycles. The lowest BCUT2D eigenvalue weighted by Gasteiger charge is -2.13. The van der Waals surface area contributed by atoms with E-state index < -0.39 is 5.97 Å². The van der Waals surface area contributed by atoms with Crippen LogP contribution in [0, 0.1) is 6.92 Å². The SMILES string of the molecule is CNC(/C=C/C(=O)O)c1ccc2cc(C)ccc2c1. The Morgan fingerprint density at radius 1 is 1.21 bits per heavy atom. The number of fused-ring (bicyclic) bond motifs is 1. The van der Waals surface area contributed by atoms with E-state index in [0.29, 0.717) is 0 Å². The Morgan fingerprint density at radius 3 is 2.58 bits per heavy atom. The molecule has 0 saturated heterocycles. The minimum absolute atomic E-state index is 0.0956. The molecule has 0 aromatic heterocycles. The lowest BCUT2D eigenvalue weighted by atomic mass is 10.0. The highest BCUT2D eigenvalue weighted by atomic mass is 16.4. The van der Waals surface area contributed by atoms with Gasteiger partial charge in [0.2, 0.25) is 0 Å². The Morgan fingerprint density at radius 2 is 1.89 bits per heavy atom. The van der Waals surface area contributed by atoms with Crippen LogP contribution in [0.15, 0.2) is 48.6 Å². The Hall–Kier alpha value is -2.13. The molecular weight excluding hydrogens is 238 g/mol. The predicted octanol–water partition coefficient (Wildman–Crippen LogP) is 3.05. The highest BCUT2D eigenvalue weighted by Crippen LogP contribution is 2.22. The first-order valence-corrected chi connectivity index (χ1v) is 6.19. The van der Waals surface area contributed by atoms with Crippen molar-refractivity contribution >= 4 is 16.7 Å². The minimum Gasteiger partial charge on any atom is -0.478 e. The molecule has 0 aliphatic rings. The fourth-order valence-corrected chi connectivity index (χ4v) is 2.13. The van der Waals surface area contributed by atoms with Gasteiger partial charge in [-0.25, -0.2) is 4.79 Å². The third-order valence-corrected chi connectivity index (χ3v) is 3.12. The van der Waals surface area contributed by atoms with Gasteiger partial charge < -0.3 is 10.4 Å². The molecule has 0 radical (unpaired) electrons. The van der Waals surface area contributed by atoms with Gasteiger partial charge in [-0.15, -0.1) is 0 Å². The lowest BCUT2D eigenvalue weighted by molar-refractivity contribution is -0.131. The molecule has 3 nitrogen and oxygen atoms in total. The van der Waals surface area contributed by atoms with Crippen molar-refractivity contribution in [2.24, 2.45) is 0 Å². The summed E-state index contributed by atoms with van der Waals surface area (Å²) in [7, 11) is 1.82. The van der Waals surface area contributed by atoms with Crippen LogP contribution >= 0.6 is 0 Å². The Labute approximate surface area is 112 Å². The summed E-state index contributed by atoms with van der Waals surface area (Å²) in [6.45, 7) is 2.07. The zero-order chi connectivity index (χ0) is 13.8. The fourth-order valence-electron chi connectivity index (χ4n) is 2.13. The summed E-state index contributed by atoms with van der Waals surface area (Å²) in [5, 5.41) is 14.1. The number of rotatable bonds is 4. The topological polar surface area (TPSA) is 49.3 Å². The number of carboxylic acids is 1. The van der Waals surface area contributed by atoms with Crippen LogP contribution < -0.4 is 5.32 Å². The molecule has 0 amide bonds. The van der Waals surface area contributed by atoms with E-state index in [1.54, 1.807) is 6.08 Å². The van der Waals surface area contributed by atoms with Crippen molar-refractivity contribution in [3.05, 3.63) is 59.7 Å². The fraction of sp³-hybridized carbons (Fsp3) is 0.188. The lowest BCUT2D eigenvalue weighted by Crippen LogP contribution is -2.14. The van der Waals surface area contributed by atoms with Crippen LogP contribution in [0.4, 0.5) is 0 Å². The van der Waals surface area contributed by atoms with E-state index in [4.69, 9.17) is 5.11 Å². The van der Waals surface area contributed by atoms with Crippen molar-refractivity contribution in [2.45, 2.75) is 13.0 Å². The maximum Gasteiger partial charge on any atom is 0.328 e. The summed E-state index contributed by atoms with van der Waals surface area (Å²) in [6.07, 6.45) is 2.82. The molecule has 2 rings (SSSR count). The number of aryl methyl sites for hydroxylation is 1. The van der Waals surface area contributed by atoms with Crippen LogP contribution in [-0.2, 0) is 4.79 Å². The van der Waals surface area contributed by atoms with Crippen LogP contribution in [0.1, 0.15) is 17.2 Å². The van der Waals surface area contributed by atoms with E-state index >= 15 is 0 Å². The number of hydrogen-bond acceptors (Lipinski definition) is 2. The second-order valence-corrected chi connectivity index (χ2v) is 4.57. The Kier molecular flexibility index (Phi) is 3.97. The van der Waals surface area contributed by atoms with Gasteiger partial charge in [-0.05, 0) is 36.4 Å². The van der Waals surface area contributed by atoms with Gasteiger partial charge in [0.05, 0.1) is 6.04 Å². The third-order valence-electron chi connectivity index (χ3n) is 3.12. The summed E-state index contributed by atoms with van der Waals surface area (Å²) in [6, 6.07) is 12.4. The summed E-state index contributed by atoms with van der Waals surface area (Å²) < 4.78 is 0. The van der Waals surface area contributed by atoms with Crippen LogP contribution in [0.25, 0.3) is 10.8 Å². The van der Waals surface area contributed by atoms with Gasteiger partial charge in [0.1, 0.15) is 0 Å². The zero-order valence-corrected chi connectivity index (χ0v) is 11.1. The number of hydrogen-bond donors (Lipinski definition) is 2. The molecule has 0 spiro atoms. The molecule has 2 N–H and O–H groups in total. The number of aliphatic carboxylic acids is 1. The molecule has 2 aromatic carbocycles. The van der Waals surface area contributed by atoms with Crippen LogP contribution in [-0.4, -0.2) is 18.1 Å². The highest BCUT2D eigenvalue weighted by molar-refractivity contribution is 5.84. The van der Waals surface area contributed by atoms with Crippen LogP contribution in [0.3, 0.4) is 0 Å². The zero-order valence-electron chi connectivity index (χ0n) is 11.1. The third kappa shape index (κ3) is 3.20. The predicted molar refractivity (Wildman–Crippen MR) is 77.3 cm³/mol. The monoisotopic (exact) mass is 255 g/mol. The summed E-state index contributed by atoms with van der Waals surface area (Å²) >= 11 is 0. The first kappa shape index (κ1) is 13.3. The van der Waals surface area contributed by atoms with Crippen molar-refractivity contribution in [1.29, 1.82) is 0 Å². The number of likely N-dealkylation sites (N-methyl/N-ethyl adjacent to an activating group) is 1. The number of nitrogens with one attached hydrogen (secondary N) is 1. The smallest absolute Gasteiger partial charge is 0.328 e. The molecule has 1 unspecified atom stereocenters.